The Balaban J connectivity index is 1.71. The molecule has 2 atom stereocenters. The molecule has 154 valence electrons. The number of carbonyl (C=O) groups is 1. The van der Waals surface area contributed by atoms with Crippen molar-refractivity contribution < 1.29 is 4.79 Å². The molecular weight excluding hydrogens is 380 g/mol. The number of Topliss-reactive ketones (excluding diaryl/α,β-unsaturated/α-hetero) is 1. The number of aromatic nitrogens is 2. The van der Waals surface area contributed by atoms with E-state index in [1.165, 1.54) is 16.7 Å². The van der Waals surface area contributed by atoms with Crippen LogP contribution in [0.5, 0.6) is 0 Å². The molecular formula is C28H26N2O. The Morgan fingerprint density at radius 1 is 0.871 bits per heavy atom. The number of benzene rings is 3. The summed E-state index contributed by atoms with van der Waals surface area (Å²) in [5.41, 5.74) is 3.99. The number of hydrogen-bond donors (Lipinski definition) is 0. The van der Waals surface area contributed by atoms with Crippen LogP contribution in [0.15, 0.2) is 104 Å². The van der Waals surface area contributed by atoms with Crippen molar-refractivity contribution in [2.24, 2.45) is 5.92 Å². The lowest BCUT2D eigenvalue weighted by Gasteiger charge is -2.37. The van der Waals surface area contributed by atoms with E-state index in [9.17, 15) is 4.79 Å². The molecule has 0 unspecified atom stereocenters. The summed E-state index contributed by atoms with van der Waals surface area (Å²) < 4.78 is 2.23. The second kappa shape index (κ2) is 7.99. The van der Waals surface area contributed by atoms with Crippen LogP contribution in [-0.2, 0) is 10.3 Å². The molecule has 1 saturated carbocycles. The van der Waals surface area contributed by atoms with Gasteiger partial charge in [0.15, 0.2) is 0 Å². The first-order chi connectivity index (χ1) is 15.2. The van der Waals surface area contributed by atoms with Crippen LogP contribution in [-0.4, -0.2) is 15.3 Å². The molecule has 1 aromatic heterocycles. The Labute approximate surface area is 183 Å². The number of imidazole rings is 1. The Hall–Kier alpha value is -3.46. The van der Waals surface area contributed by atoms with Crippen molar-refractivity contribution in [3.05, 3.63) is 126 Å². The summed E-state index contributed by atoms with van der Waals surface area (Å²) in [4.78, 5) is 17.0. The number of hydrogen-bond acceptors (Lipinski definition) is 2. The van der Waals surface area contributed by atoms with Crippen LogP contribution in [0.2, 0.25) is 0 Å². The first kappa shape index (κ1) is 19.5. The number of nitrogens with zero attached hydrogens (tertiary/aromatic N) is 2. The minimum atomic E-state index is -0.547. The lowest BCUT2D eigenvalue weighted by atomic mass is 9.77. The highest BCUT2D eigenvalue weighted by Gasteiger charge is 2.45. The number of carbonyl (C=O) groups excluding carboxylic acids is 1. The molecule has 1 fully saturated rings. The van der Waals surface area contributed by atoms with Crippen LogP contribution < -0.4 is 0 Å². The average molecular weight is 407 g/mol. The van der Waals surface area contributed by atoms with Gasteiger partial charge in [0.2, 0.25) is 0 Å². The maximum Gasteiger partial charge on any atom is 0.136 e. The van der Waals surface area contributed by atoms with Crippen LogP contribution in [0.3, 0.4) is 0 Å². The fourth-order valence-electron chi connectivity index (χ4n) is 4.84. The second-order valence-corrected chi connectivity index (χ2v) is 8.28. The van der Waals surface area contributed by atoms with Gasteiger partial charge < -0.3 is 4.57 Å². The first-order valence-corrected chi connectivity index (χ1v) is 11.0. The van der Waals surface area contributed by atoms with E-state index in [4.69, 9.17) is 4.98 Å². The Morgan fingerprint density at radius 2 is 1.35 bits per heavy atom. The van der Waals surface area contributed by atoms with Gasteiger partial charge in [-0.2, -0.15) is 0 Å². The van der Waals surface area contributed by atoms with E-state index in [0.717, 1.165) is 12.1 Å². The second-order valence-electron chi connectivity index (χ2n) is 8.28. The molecule has 5 rings (SSSR count). The zero-order valence-corrected chi connectivity index (χ0v) is 17.7. The summed E-state index contributed by atoms with van der Waals surface area (Å²) in [6.07, 6.45) is 5.61. The normalized spacial score (nSPS) is 18.0. The highest BCUT2D eigenvalue weighted by Crippen LogP contribution is 2.49. The third-order valence-corrected chi connectivity index (χ3v) is 6.50. The van der Waals surface area contributed by atoms with Gasteiger partial charge in [0.05, 0.1) is 12.0 Å². The molecule has 0 amide bonds. The number of rotatable bonds is 7. The SMILES string of the molecule is CCC(=O)[C@H]1C[C@@H]1c1cn(C(c2ccccc2)(c2ccccc2)c2ccccc2)cn1. The van der Waals surface area contributed by atoms with Crippen molar-refractivity contribution in [3.63, 3.8) is 0 Å². The maximum absolute atomic E-state index is 12.2. The van der Waals surface area contributed by atoms with Crippen LogP contribution >= 0.6 is 0 Å². The van der Waals surface area contributed by atoms with E-state index in [1.807, 2.05) is 13.3 Å². The molecule has 0 aliphatic heterocycles. The topological polar surface area (TPSA) is 34.9 Å². The van der Waals surface area contributed by atoms with Gasteiger partial charge >= 0.3 is 0 Å². The van der Waals surface area contributed by atoms with Gasteiger partial charge in [0, 0.05) is 24.5 Å². The molecule has 3 aromatic carbocycles. The number of ketones is 1. The molecule has 1 aliphatic rings. The van der Waals surface area contributed by atoms with E-state index < -0.39 is 5.54 Å². The summed E-state index contributed by atoms with van der Waals surface area (Å²) in [6.45, 7) is 1.95. The molecule has 0 saturated heterocycles. The van der Waals surface area contributed by atoms with E-state index in [2.05, 4.69) is 102 Å². The summed E-state index contributed by atoms with van der Waals surface area (Å²) in [7, 11) is 0. The van der Waals surface area contributed by atoms with Crippen LogP contribution in [0.25, 0.3) is 0 Å². The van der Waals surface area contributed by atoms with E-state index >= 15 is 0 Å². The van der Waals surface area contributed by atoms with Gasteiger partial charge in [-0.15, -0.1) is 0 Å². The zero-order valence-electron chi connectivity index (χ0n) is 17.7. The molecule has 0 spiro atoms. The molecule has 3 heteroatoms. The summed E-state index contributed by atoms with van der Waals surface area (Å²) in [6, 6.07) is 31.8. The van der Waals surface area contributed by atoms with Crippen molar-refractivity contribution in [1.82, 2.24) is 9.55 Å². The molecule has 0 N–H and O–H groups in total. The van der Waals surface area contributed by atoms with E-state index in [1.54, 1.807) is 0 Å². The van der Waals surface area contributed by atoms with E-state index in [0.29, 0.717) is 12.2 Å². The molecule has 31 heavy (non-hydrogen) atoms. The fourth-order valence-corrected chi connectivity index (χ4v) is 4.84. The van der Waals surface area contributed by atoms with Crippen molar-refractivity contribution in [2.75, 3.05) is 0 Å². The summed E-state index contributed by atoms with van der Waals surface area (Å²) >= 11 is 0. The first-order valence-electron chi connectivity index (χ1n) is 11.0. The molecule has 4 aromatic rings. The van der Waals surface area contributed by atoms with Crippen molar-refractivity contribution in [1.29, 1.82) is 0 Å². The van der Waals surface area contributed by atoms with Gasteiger partial charge in [-0.25, -0.2) is 4.98 Å². The molecule has 0 radical (unpaired) electrons. The quantitative estimate of drug-likeness (QED) is 0.363. The standard InChI is InChI=1S/C28H26N2O/c1-2-27(31)25-18-24(25)26-19-30(20-29-26)28(21-12-6-3-7-13-21,22-14-8-4-9-15-22)23-16-10-5-11-17-23/h3-17,19-20,24-25H,2,18H2,1H3/t24-,25-/m0/s1. The van der Waals surface area contributed by atoms with Crippen LogP contribution in [0.4, 0.5) is 0 Å². The third-order valence-electron chi connectivity index (χ3n) is 6.50. The minimum Gasteiger partial charge on any atom is -0.319 e. The van der Waals surface area contributed by atoms with Crippen LogP contribution in [0, 0.1) is 5.92 Å². The van der Waals surface area contributed by atoms with Gasteiger partial charge in [-0.3, -0.25) is 4.79 Å². The molecule has 3 nitrogen and oxygen atoms in total. The molecule has 1 heterocycles. The molecule has 1 aliphatic carbocycles. The van der Waals surface area contributed by atoms with Gasteiger partial charge in [0.25, 0.3) is 0 Å². The monoisotopic (exact) mass is 406 g/mol. The van der Waals surface area contributed by atoms with Gasteiger partial charge in [0.1, 0.15) is 11.3 Å². The fraction of sp³-hybridized carbons (Fsp3) is 0.214. The van der Waals surface area contributed by atoms with Crippen molar-refractivity contribution in [3.8, 4) is 0 Å². The summed E-state index contributed by atoms with van der Waals surface area (Å²) in [5.74, 6) is 0.724. The third kappa shape index (κ3) is 3.31. The highest BCUT2D eigenvalue weighted by molar-refractivity contribution is 5.84. The predicted molar refractivity (Wildman–Crippen MR) is 123 cm³/mol. The molecule has 0 bridgehead atoms. The highest BCUT2D eigenvalue weighted by atomic mass is 16.1. The van der Waals surface area contributed by atoms with Crippen LogP contribution in [0.1, 0.15) is 48.1 Å². The lowest BCUT2D eigenvalue weighted by Crippen LogP contribution is -2.36. The lowest BCUT2D eigenvalue weighted by molar-refractivity contribution is -0.120. The zero-order chi connectivity index (χ0) is 21.3. The van der Waals surface area contributed by atoms with Gasteiger partial charge in [-0.05, 0) is 23.1 Å². The average Bonchev–Trinajstić information content (AvgIpc) is 3.50. The summed E-state index contributed by atoms with van der Waals surface area (Å²) in [5, 5.41) is 0. The van der Waals surface area contributed by atoms with E-state index in [-0.39, 0.29) is 11.8 Å². The Morgan fingerprint density at radius 3 is 1.81 bits per heavy atom. The van der Waals surface area contributed by atoms with Gasteiger partial charge in [-0.1, -0.05) is 97.9 Å². The smallest absolute Gasteiger partial charge is 0.136 e. The van der Waals surface area contributed by atoms with Crippen molar-refractivity contribution in [2.45, 2.75) is 31.2 Å². The predicted octanol–water partition coefficient (Wildman–Crippen LogP) is 5.81. The minimum absolute atomic E-state index is 0.132. The van der Waals surface area contributed by atoms with Crippen molar-refractivity contribution >= 4 is 5.78 Å². The maximum atomic E-state index is 12.2. The largest absolute Gasteiger partial charge is 0.319 e. The Bertz CT molecular complexity index is 1070. The Kier molecular flexibility index (Phi) is 5.03.